The molecule has 1 aliphatic carbocycles. The van der Waals surface area contributed by atoms with Gasteiger partial charge in [0.1, 0.15) is 6.04 Å². The van der Waals surface area contributed by atoms with E-state index in [0.29, 0.717) is 17.6 Å². The summed E-state index contributed by atoms with van der Waals surface area (Å²) < 4.78 is 0. The number of rotatable bonds is 6. The van der Waals surface area contributed by atoms with Gasteiger partial charge in [-0.1, -0.05) is 18.2 Å². The zero-order valence-corrected chi connectivity index (χ0v) is 13.9. The van der Waals surface area contributed by atoms with E-state index in [1.165, 1.54) is 12.8 Å². The molecule has 0 aromatic heterocycles. The van der Waals surface area contributed by atoms with Gasteiger partial charge < -0.3 is 15.7 Å². The monoisotopic (exact) mass is 331 g/mol. The number of nitrogens with one attached hydrogen (secondary N) is 2. The van der Waals surface area contributed by atoms with E-state index in [1.807, 2.05) is 6.07 Å². The Kier molecular flexibility index (Phi) is 5.16. The molecule has 1 aromatic carbocycles. The van der Waals surface area contributed by atoms with Gasteiger partial charge in [-0.05, 0) is 38.3 Å². The SMILES string of the molecule is C[C@@H]1C[C@@H](NC(=O)[C@@H](CO)NC(=O)c2ccccc2)CN1C1CC1. The van der Waals surface area contributed by atoms with Gasteiger partial charge in [0.15, 0.2) is 0 Å². The van der Waals surface area contributed by atoms with E-state index in [1.54, 1.807) is 24.3 Å². The summed E-state index contributed by atoms with van der Waals surface area (Å²) in [6, 6.07) is 8.98. The maximum absolute atomic E-state index is 12.4. The van der Waals surface area contributed by atoms with Crippen LogP contribution in [0.4, 0.5) is 0 Å². The molecule has 1 aromatic rings. The number of amides is 2. The van der Waals surface area contributed by atoms with E-state index in [2.05, 4.69) is 22.5 Å². The van der Waals surface area contributed by atoms with Crippen LogP contribution in [0.1, 0.15) is 36.5 Å². The number of aliphatic hydroxyl groups excluding tert-OH is 1. The number of aliphatic hydroxyl groups is 1. The highest BCUT2D eigenvalue weighted by Crippen LogP contribution is 2.33. The number of benzene rings is 1. The van der Waals surface area contributed by atoms with Crippen molar-refractivity contribution in [2.45, 2.75) is 50.4 Å². The lowest BCUT2D eigenvalue weighted by Gasteiger charge is -2.21. The molecular weight excluding hydrogens is 306 g/mol. The zero-order chi connectivity index (χ0) is 17.1. The molecule has 130 valence electrons. The van der Waals surface area contributed by atoms with E-state index >= 15 is 0 Å². The van der Waals surface area contributed by atoms with Crippen LogP contribution in [-0.2, 0) is 4.79 Å². The van der Waals surface area contributed by atoms with Crippen molar-refractivity contribution >= 4 is 11.8 Å². The van der Waals surface area contributed by atoms with Crippen molar-refractivity contribution in [2.24, 2.45) is 0 Å². The molecule has 2 amide bonds. The Balaban J connectivity index is 1.53. The number of likely N-dealkylation sites (tertiary alicyclic amines) is 1. The van der Waals surface area contributed by atoms with Crippen LogP contribution in [0.2, 0.25) is 0 Å². The Bertz CT molecular complexity index is 588. The Labute approximate surface area is 142 Å². The van der Waals surface area contributed by atoms with E-state index < -0.39 is 12.6 Å². The van der Waals surface area contributed by atoms with Crippen LogP contribution < -0.4 is 10.6 Å². The van der Waals surface area contributed by atoms with Crippen LogP contribution in [-0.4, -0.2) is 59.1 Å². The minimum Gasteiger partial charge on any atom is -0.394 e. The number of nitrogens with zero attached hydrogens (tertiary/aromatic N) is 1. The molecule has 1 heterocycles. The Morgan fingerprint density at radius 1 is 1.29 bits per heavy atom. The molecule has 0 radical (unpaired) electrons. The van der Waals surface area contributed by atoms with Crippen molar-refractivity contribution in [1.29, 1.82) is 0 Å². The van der Waals surface area contributed by atoms with Gasteiger partial charge >= 0.3 is 0 Å². The zero-order valence-electron chi connectivity index (χ0n) is 13.9. The highest BCUT2D eigenvalue weighted by atomic mass is 16.3. The lowest BCUT2D eigenvalue weighted by molar-refractivity contribution is -0.124. The van der Waals surface area contributed by atoms with Crippen molar-refractivity contribution in [3.63, 3.8) is 0 Å². The number of hydrogen-bond acceptors (Lipinski definition) is 4. The van der Waals surface area contributed by atoms with Gasteiger partial charge in [0.25, 0.3) is 5.91 Å². The van der Waals surface area contributed by atoms with Crippen LogP contribution in [0.25, 0.3) is 0 Å². The molecule has 2 fully saturated rings. The van der Waals surface area contributed by atoms with E-state index in [9.17, 15) is 14.7 Å². The Morgan fingerprint density at radius 3 is 2.62 bits per heavy atom. The fraction of sp³-hybridized carbons (Fsp3) is 0.556. The molecule has 24 heavy (non-hydrogen) atoms. The molecule has 3 N–H and O–H groups in total. The molecule has 1 saturated carbocycles. The van der Waals surface area contributed by atoms with Crippen molar-refractivity contribution in [1.82, 2.24) is 15.5 Å². The summed E-state index contributed by atoms with van der Waals surface area (Å²) in [7, 11) is 0. The average molecular weight is 331 g/mol. The van der Waals surface area contributed by atoms with Crippen molar-refractivity contribution in [3.05, 3.63) is 35.9 Å². The quantitative estimate of drug-likeness (QED) is 0.710. The molecular formula is C18H25N3O3. The molecule has 1 saturated heterocycles. The van der Waals surface area contributed by atoms with Gasteiger partial charge in [0, 0.05) is 30.2 Å². The summed E-state index contributed by atoms with van der Waals surface area (Å²) in [6.45, 7) is 2.62. The summed E-state index contributed by atoms with van der Waals surface area (Å²) in [5.41, 5.74) is 0.471. The predicted octanol–water partition coefficient (Wildman–Crippen LogP) is 0.519. The molecule has 0 bridgehead atoms. The minimum atomic E-state index is -0.928. The minimum absolute atomic E-state index is 0.0794. The average Bonchev–Trinajstić information content (AvgIpc) is 3.36. The third kappa shape index (κ3) is 3.94. The Morgan fingerprint density at radius 2 is 2.00 bits per heavy atom. The van der Waals surface area contributed by atoms with Crippen LogP contribution in [0.5, 0.6) is 0 Å². The van der Waals surface area contributed by atoms with E-state index in [4.69, 9.17) is 0 Å². The second-order valence-electron chi connectivity index (χ2n) is 6.79. The highest BCUT2D eigenvalue weighted by Gasteiger charge is 2.39. The summed E-state index contributed by atoms with van der Waals surface area (Å²) in [5.74, 6) is -0.680. The van der Waals surface area contributed by atoms with Crippen molar-refractivity contribution in [3.8, 4) is 0 Å². The van der Waals surface area contributed by atoms with Gasteiger partial charge in [0.2, 0.25) is 5.91 Å². The van der Waals surface area contributed by atoms with Crippen molar-refractivity contribution < 1.29 is 14.7 Å². The molecule has 6 heteroatoms. The first kappa shape index (κ1) is 16.9. The van der Waals surface area contributed by atoms with E-state index in [-0.39, 0.29) is 17.9 Å². The van der Waals surface area contributed by atoms with Crippen LogP contribution in [0.15, 0.2) is 30.3 Å². The van der Waals surface area contributed by atoms with E-state index in [0.717, 1.165) is 13.0 Å². The van der Waals surface area contributed by atoms with Gasteiger partial charge in [-0.2, -0.15) is 0 Å². The van der Waals surface area contributed by atoms with Gasteiger partial charge in [-0.3, -0.25) is 14.5 Å². The van der Waals surface area contributed by atoms with Gasteiger partial charge in [0.05, 0.1) is 6.61 Å². The third-order valence-corrected chi connectivity index (χ3v) is 4.83. The second kappa shape index (κ2) is 7.32. The maximum Gasteiger partial charge on any atom is 0.251 e. The first-order valence-electron chi connectivity index (χ1n) is 8.61. The number of carbonyl (C=O) groups excluding carboxylic acids is 2. The van der Waals surface area contributed by atoms with Gasteiger partial charge in [-0.15, -0.1) is 0 Å². The number of hydrogen-bond donors (Lipinski definition) is 3. The Hall–Kier alpha value is -1.92. The lowest BCUT2D eigenvalue weighted by Crippen LogP contribution is -2.52. The predicted molar refractivity (Wildman–Crippen MR) is 90.5 cm³/mol. The van der Waals surface area contributed by atoms with Crippen LogP contribution >= 0.6 is 0 Å². The normalized spacial score (nSPS) is 25.2. The molecule has 2 aliphatic rings. The summed E-state index contributed by atoms with van der Waals surface area (Å²) >= 11 is 0. The fourth-order valence-corrected chi connectivity index (χ4v) is 3.40. The second-order valence-corrected chi connectivity index (χ2v) is 6.79. The molecule has 0 spiro atoms. The standard InChI is InChI=1S/C18H25N3O3/c1-12-9-14(10-21(12)15-7-8-15)19-18(24)16(11-22)20-17(23)13-5-3-2-4-6-13/h2-6,12,14-16,22H,7-11H2,1H3,(H,19,24)(H,20,23)/t12-,14-,16-/m1/s1. The topological polar surface area (TPSA) is 81.7 Å². The molecule has 0 unspecified atom stereocenters. The van der Waals surface area contributed by atoms with Crippen LogP contribution in [0.3, 0.4) is 0 Å². The molecule has 3 rings (SSSR count). The van der Waals surface area contributed by atoms with Crippen molar-refractivity contribution in [2.75, 3.05) is 13.2 Å². The van der Waals surface area contributed by atoms with Gasteiger partial charge in [-0.25, -0.2) is 0 Å². The maximum atomic E-state index is 12.4. The lowest BCUT2D eigenvalue weighted by atomic mass is 10.1. The highest BCUT2D eigenvalue weighted by molar-refractivity contribution is 5.97. The van der Waals surface area contributed by atoms with Crippen LogP contribution in [0, 0.1) is 0 Å². The summed E-state index contributed by atoms with van der Waals surface area (Å²) in [4.78, 5) is 27.0. The molecule has 6 nitrogen and oxygen atoms in total. The summed E-state index contributed by atoms with van der Waals surface area (Å²) in [6.07, 6.45) is 3.40. The first-order valence-corrected chi connectivity index (χ1v) is 8.61. The molecule has 1 aliphatic heterocycles. The molecule has 3 atom stereocenters. The first-order chi connectivity index (χ1) is 11.6. The largest absolute Gasteiger partial charge is 0.394 e. The summed E-state index contributed by atoms with van der Waals surface area (Å²) in [5, 5.41) is 15.1. The fourth-order valence-electron chi connectivity index (χ4n) is 3.40. The number of carbonyl (C=O) groups is 2. The smallest absolute Gasteiger partial charge is 0.251 e. The third-order valence-electron chi connectivity index (χ3n) is 4.83.